The molecule has 2 N–H and O–H groups in total. The summed E-state index contributed by atoms with van der Waals surface area (Å²) in [6.07, 6.45) is 4.94. The molecule has 3 nitrogen and oxygen atoms in total. The van der Waals surface area contributed by atoms with Crippen LogP contribution in [-0.2, 0) is 0 Å². The predicted octanol–water partition coefficient (Wildman–Crippen LogP) is 1.86. The molecule has 0 aliphatic heterocycles. The third-order valence-electron chi connectivity index (χ3n) is 2.89. The zero-order valence-electron chi connectivity index (χ0n) is 8.46. The van der Waals surface area contributed by atoms with E-state index in [1.54, 1.807) is 6.20 Å². The van der Waals surface area contributed by atoms with Crippen LogP contribution in [-0.4, -0.2) is 16.0 Å². The van der Waals surface area contributed by atoms with Gasteiger partial charge in [0, 0.05) is 18.4 Å². The minimum Gasteiger partial charge on any atom is -0.347 e. The maximum absolute atomic E-state index is 4.23. The Morgan fingerprint density at radius 2 is 2.38 bits per heavy atom. The van der Waals surface area contributed by atoms with E-state index in [9.17, 15) is 0 Å². The Balaban J connectivity index is 1.90. The van der Waals surface area contributed by atoms with E-state index in [2.05, 4.69) is 36.1 Å². The van der Waals surface area contributed by atoms with Crippen molar-refractivity contribution in [1.82, 2.24) is 15.3 Å². The van der Waals surface area contributed by atoms with E-state index in [-0.39, 0.29) is 0 Å². The Kier molecular flexibility index (Phi) is 1.91. The molecule has 0 bridgehead atoms. The van der Waals surface area contributed by atoms with Crippen LogP contribution >= 0.6 is 0 Å². The van der Waals surface area contributed by atoms with Crippen LogP contribution in [0.4, 0.5) is 0 Å². The van der Waals surface area contributed by atoms with Gasteiger partial charge in [-0.2, -0.15) is 0 Å². The average molecular weight is 179 g/mol. The van der Waals surface area contributed by atoms with Gasteiger partial charge in [-0.3, -0.25) is 0 Å². The van der Waals surface area contributed by atoms with Crippen molar-refractivity contribution in [3.05, 3.63) is 18.2 Å². The smallest absolute Gasteiger partial charge is 0.122 e. The lowest BCUT2D eigenvalue weighted by Gasteiger charge is -2.12. The van der Waals surface area contributed by atoms with Crippen molar-refractivity contribution < 1.29 is 0 Å². The molecule has 0 aromatic carbocycles. The first-order valence-corrected chi connectivity index (χ1v) is 4.85. The lowest BCUT2D eigenvalue weighted by atomic mass is 10.2. The van der Waals surface area contributed by atoms with Crippen LogP contribution in [0.1, 0.15) is 39.1 Å². The van der Waals surface area contributed by atoms with Crippen molar-refractivity contribution in [2.75, 3.05) is 0 Å². The van der Waals surface area contributed by atoms with Gasteiger partial charge in [0.1, 0.15) is 5.82 Å². The molecule has 0 spiro atoms. The highest BCUT2D eigenvalue weighted by Crippen LogP contribution is 2.45. The standard InChI is InChI=1S/C10H17N3/c1-7(9-11-4-5-12-9)13-8-6-10(8,2)3/h4-5,7-8,13H,6H2,1-3H3,(H,11,12). The molecule has 13 heavy (non-hydrogen) atoms. The molecule has 0 saturated heterocycles. The third-order valence-corrected chi connectivity index (χ3v) is 2.89. The fourth-order valence-corrected chi connectivity index (χ4v) is 1.65. The van der Waals surface area contributed by atoms with E-state index >= 15 is 0 Å². The Morgan fingerprint density at radius 1 is 1.69 bits per heavy atom. The molecule has 72 valence electrons. The van der Waals surface area contributed by atoms with Gasteiger partial charge in [0.15, 0.2) is 0 Å². The van der Waals surface area contributed by atoms with Gasteiger partial charge < -0.3 is 10.3 Å². The zero-order valence-corrected chi connectivity index (χ0v) is 8.46. The molecule has 1 saturated carbocycles. The molecule has 0 amide bonds. The molecule has 1 heterocycles. The van der Waals surface area contributed by atoms with Gasteiger partial charge in [0.25, 0.3) is 0 Å². The number of imidazole rings is 1. The van der Waals surface area contributed by atoms with E-state index in [0.717, 1.165) is 5.82 Å². The number of hydrogen-bond donors (Lipinski definition) is 2. The summed E-state index contributed by atoms with van der Waals surface area (Å²) < 4.78 is 0. The highest BCUT2D eigenvalue weighted by atomic mass is 15.1. The minimum atomic E-state index is 0.335. The second-order valence-corrected chi connectivity index (χ2v) is 4.61. The third kappa shape index (κ3) is 1.75. The fraction of sp³-hybridized carbons (Fsp3) is 0.700. The minimum absolute atomic E-state index is 0.335. The van der Waals surface area contributed by atoms with E-state index in [1.807, 2.05) is 6.20 Å². The summed E-state index contributed by atoms with van der Waals surface area (Å²) in [6, 6.07) is 0.995. The summed E-state index contributed by atoms with van der Waals surface area (Å²) in [5.74, 6) is 1.03. The normalized spacial score (nSPS) is 27.2. The molecule has 1 aromatic heterocycles. The number of aromatic nitrogens is 2. The van der Waals surface area contributed by atoms with Crippen molar-refractivity contribution >= 4 is 0 Å². The van der Waals surface area contributed by atoms with Gasteiger partial charge in [0.05, 0.1) is 6.04 Å². The molecule has 1 aliphatic rings. The molecular formula is C10H17N3. The van der Waals surface area contributed by atoms with Crippen LogP contribution in [0.3, 0.4) is 0 Å². The van der Waals surface area contributed by atoms with Crippen LogP contribution < -0.4 is 5.32 Å². The Labute approximate surface area is 79.0 Å². The van der Waals surface area contributed by atoms with E-state index in [0.29, 0.717) is 17.5 Å². The summed E-state index contributed by atoms with van der Waals surface area (Å²) in [5, 5.41) is 3.55. The van der Waals surface area contributed by atoms with E-state index in [1.165, 1.54) is 6.42 Å². The van der Waals surface area contributed by atoms with Crippen molar-refractivity contribution in [3.8, 4) is 0 Å². The summed E-state index contributed by atoms with van der Waals surface area (Å²) in [4.78, 5) is 7.35. The Bertz CT molecular complexity index is 276. The van der Waals surface area contributed by atoms with Gasteiger partial charge in [-0.05, 0) is 18.8 Å². The van der Waals surface area contributed by atoms with Crippen LogP contribution in [0.2, 0.25) is 0 Å². The molecular weight excluding hydrogens is 162 g/mol. The lowest BCUT2D eigenvalue weighted by Crippen LogP contribution is -2.24. The predicted molar refractivity (Wildman–Crippen MR) is 52.3 cm³/mol. The molecule has 2 unspecified atom stereocenters. The largest absolute Gasteiger partial charge is 0.347 e. The van der Waals surface area contributed by atoms with Gasteiger partial charge >= 0.3 is 0 Å². The summed E-state index contributed by atoms with van der Waals surface area (Å²) in [7, 11) is 0. The summed E-state index contributed by atoms with van der Waals surface area (Å²) in [6.45, 7) is 6.73. The number of nitrogens with one attached hydrogen (secondary N) is 2. The highest BCUT2D eigenvalue weighted by molar-refractivity contribution is 5.05. The summed E-state index contributed by atoms with van der Waals surface area (Å²) in [5.41, 5.74) is 0.487. The Hall–Kier alpha value is -0.830. The average Bonchev–Trinajstić information content (AvgIpc) is 2.58. The van der Waals surface area contributed by atoms with Crippen LogP contribution in [0.5, 0.6) is 0 Å². The maximum atomic E-state index is 4.23. The molecule has 0 radical (unpaired) electrons. The Morgan fingerprint density at radius 3 is 2.85 bits per heavy atom. The first kappa shape index (κ1) is 8.75. The van der Waals surface area contributed by atoms with Crippen molar-refractivity contribution in [1.29, 1.82) is 0 Å². The van der Waals surface area contributed by atoms with Gasteiger partial charge in [-0.1, -0.05) is 13.8 Å². The molecule has 1 aromatic rings. The molecule has 1 fully saturated rings. The van der Waals surface area contributed by atoms with E-state index < -0.39 is 0 Å². The van der Waals surface area contributed by atoms with Crippen LogP contribution in [0.15, 0.2) is 12.4 Å². The highest BCUT2D eigenvalue weighted by Gasteiger charge is 2.46. The summed E-state index contributed by atoms with van der Waals surface area (Å²) >= 11 is 0. The number of hydrogen-bond acceptors (Lipinski definition) is 2. The fourth-order valence-electron chi connectivity index (χ4n) is 1.65. The number of nitrogens with zero attached hydrogens (tertiary/aromatic N) is 1. The molecule has 3 heteroatoms. The van der Waals surface area contributed by atoms with Crippen molar-refractivity contribution in [2.45, 2.75) is 39.3 Å². The van der Waals surface area contributed by atoms with Gasteiger partial charge in [-0.25, -0.2) is 4.98 Å². The number of H-pyrrole nitrogens is 1. The molecule has 1 aliphatic carbocycles. The van der Waals surface area contributed by atoms with Crippen LogP contribution in [0.25, 0.3) is 0 Å². The van der Waals surface area contributed by atoms with Gasteiger partial charge in [-0.15, -0.1) is 0 Å². The topological polar surface area (TPSA) is 40.7 Å². The molecule has 2 rings (SSSR count). The SMILES string of the molecule is CC(NC1CC1(C)C)c1ncc[nH]1. The second kappa shape index (κ2) is 2.84. The zero-order chi connectivity index (χ0) is 9.47. The first-order chi connectivity index (χ1) is 6.09. The maximum Gasteiger partial charge on any atom is 0.122 e. The van der Waals surface area contributed by atoms with Crippen LogP contribution in [0, 0.1) is 5.41 Å². The van der Waals surface area contributed by atoms with Crippen molar-refractivity contribution in [3.63, 3.8) is 0 Å². The number of rotatable bonds is 3. The number of aromatic amines is 1. The second-order valence-electron chi connectivity index (χ2n) is 4.61. The monoisotopic (exact) mass is 179 g/mol. The van der Waals surface area contributed by atoms with Crippen molar-refractivity contribution in [2.24, 2.45) is 5.41 Å². The lowest BCUT2D eigenvalue weighted by molar-refractivity contribution is 0.480. The first-order valence-electron chi connectivity index (χ1n) is 4.85. The quantitative estimate of drug-likeness (QED) is 0.743. The molecule has 2 atom stereocenters. The van der Waals surface area contributed by atoms with E-state index in [4.69, 9.17) is 0 Å². The van der Waals surface area contributed by atoms with Gasteiger partial charge in [0.2, 0.25) is 0 Å².